The molecule has 1 aromatic heterocycles. The Morgan fingerprint density at radius 2 is 1.93 bits per heavy atom. The SMILES string of the molecule is Cc1cccc(CN[C@H]2CN(S(=O)(=O)c3cn(C)cn3)C[C@@H]2c2ccc(F)cc2)c1. The van der Waals surface area contributed by atoms with Crippen molar-refractivity contribution in [2.24, 2.45) is 7.05 Å². The molecule has 2 atom stereocenters. The molecule has 1 aliphatic rings. The first kappa shape index (κ1) is 20.7. The van der Waals surface area contributed by atoms with Gasteiger partial charge in [-0.15, -0.1) is 0 Å². The molecule has 4 rings (SSSR count). The molecule has 6 nitrogen and oxygen atoms in total. The third-order valence-corrected chi connectivity index (χ3v) is 7.24. The predicted octanol–water partition coefficient (Wildman–Crippen LogP) is 2.81. The van der Waals surface area contributed by atoms with Gasteiger partial charge in [0.25, 0.3) is 10.0 Å². The van der Waals surface area contributed by atoms with Crippen LogP contribution < -0.4 is 5.32 Å². The molecule has 1 N–H and O–H groups in total. The van der Waals surface area contributed by atoms with E-state index in [1.807, 2.05) is 25.1 Å². The first-order valence-electron chi connectivity index (χ1n) is 9.85. The highest BCUT2D eigenvalue weighted by Gasteiger charge is 2.40. The molecule has 158 valence electrons. The van der Waals surface area contributed by atoms with Crippen LogP contribution in [0, 0.1) is 12.7 Å². The van der Waals surface area contributed by atoms with Crippen LogP contribution in [0.15, 0.2) is 66.1 Å². The molecule has 1 saturated heterocycles. The van der Waals surface area contributed by atoms with E-state index in [2.05, 4.69) is 16.4 Å². The van der Waals surface area contributed by atoms with Gasteiger partial charge in [0, 0.05) is 44.8 Å². The number of halogens is 1. The van der Waals surface area contributed by atoms with Gasteiger partial charge in [-0.3, -0.25) is 0 Å². The second-order valence-electron chi connectivity index (χ2n) is 7.83. The lowest BCUT2D eigenvalue weighted by atomic mass is 9.94. The average Bonchev–Trinajstić information content (AvgIpc) is 3.34. The van der Waals surface area contributed by atoms with Gasteiger partial charge in [-0.1, -0.05) is 42.0 Å². The number of aryl methyl sites for hydroxylation is 2. The normalized spacial score (nSPS) is 20.0. The average molecular weight is 429 g/mol. The van der Waals surface area contributed by atoms with Crippen molar-refractivity contribution in [1.29, 1.82) is 0 Å². The molecule has 0 aliphatic carbocycles. The van der Waals surface area contributed by atoms with E-state index in [4.69, 9.17) is 0 Å². The summed E-state index contributed by atoms with van der Waals surface area (Å²) >= 11 is 0. The third-order valence-electron chi connectivity index (χ3n) is 5.52. The lowest BCUT2D eigenvalue weighted by molar-refractivity contribution is 0.454. The number of rotatable bonds is 6. The van der Waals surface area contributed by atoms with Crippen molar-refractivity contribution in [2.75, 3.05) is 13.1 Å². The minimum atomic E-state index is -3.70. The highest BCUT2D eigenvalue weighted by Crippen LogP contribution is 2.31. The largest absolute Gasteiger partial charge is 0.339 e. The molecule has 0 spiro atoms. The van der Waals surface area contributed by atoms with Crippen LogP contribution in [0.1, 0.15) is 22.6 Å². The summed E-state index contributed by atoms with van der Waals surface area (Å²) in [6, 6.07) is 14.4. The van der Waals surface area contributed by atoms with Gasteiger partial charge in [0.05, 0.1) is 6.33 Å². The molecule has 0 unspecified atom stereocenters. The Morgan fingerprint density at radius 1 is 1.17 bits per heavy atom. The zero-order chi connectivity index (χ0) is 21.3. The number of benzene rings is 2. The first-order valence-corrected chi connectivity index (χ1v) is 11.3. The van der Waals surface area contributed by atoms with E-state index in [0.29, 0.717) is 19.6 Å². The van der Waals surface area contributed by atoms with Crippen LogP contribution in [-0.4, -0.2) is 41.4 Å². The van der Waals surface area contributed by atoms with Gasteiger partial charge in [-0.25, -0.2) is 17.8 Å². The van der Waals surface area contributed by atoms with Crippen molar-refractivity contribution >= 4 is 10.0 Å². The van der Waals surface area contributed by atoms with Gasteiger partial charge >= 0.3 is 0 Å². The molecule has 1 aliphatic heterocycles. The minimum Gasteiger partial charge on any atom is -0.339 e. The van der Waals surface area contributed by atoms with Gasteiger partial charge in [-0.2, -0.15) is 4.31 Å². The second kappa shape index (κ2) is 8.29. The van der Waals surface area contributed by atoms with E-state index >= 15 is 0 Å². The lowest BCUT2D eigenvalue weighted by Gasteiger charge is -2.20. The van der Waals surface area contributed by atoms with Crippen molar-refractivity contribution in [3.8, 4) is 0 Å². The van der Waals surface area contributed by atoms with Gasteiger partial charge in [-0.05, 0) is 30.2 Å². The van der Waals surface area contributed by atoms with Crippen LogP contribution in [0.5, 0.6) is 0 Å². The van der Waals surface area contributed by atoms with Gasteiger partial charge in [0.15, 0.2) is 5.03 Å². The molecular formula is C22H25FN4O2S. The molecular weight excluding hydrogens is 403 g/mol. The maximum atomic E-state index is 13.4. The fourth-order valence-corrected chi connectivity index (χ4v) is 5.40. The first-order chi connectivity index (χ1) is 14.3. The maximum Gasteiger partial charge on any atom is 0.262 e. The molecule has 3 aromatic rings. The molecule has 2 heterocycles. The highest BCUT2D eigenvalue weighted by atomic mass is 32.2. The quantitative estimate of drug-likeness (QED) is 0.656. The van der Waals surface area contributed by atoms with Crippen LogP contribution >= 0.6 is 0 Å². The highest BCUT2D eigenvalue weighted by molar-refractivity contribution is 7.89. The summed E-state index contributed by atoms with van der Waals surface area (Å²) in [5.41, 5.74) is 3.23. The predicted molar refractivity (Wildman–Crippen MR) is 113 cm³/mol. The van der Waals surface area contributed by atoms with Crippen molar-refractivity contribution < 1.29 is 12.8 Å². The van der Waals surface area contributed by atoms with Crippen molar-refractivity contribution in [2.45, 2.75) is 30.5 Å². The lowest BCUT2D eigenvalue weighted by Crippen LogP contribution is -2.36. The summed E-state index contributed by atoms with van der Waals surface area (Å²) in [6.45, 7) is 3.31. The number of nitrogens with one attached hydrogen (secondary N) is 1. The van der Waals surface area contributed by atoms with Crippen molar-refractivity contribution in [1.82, 2.24) is 19.2 Å². The maximum absolute atomic E-state index is 13.4. The summed E-state index contributed by atoms with van der Waals surface area (Å²) in [6.07, 6.45) is 2.99. The van der Waals surface area contributed by atoms with Crippen LogP contribution in [0.2, 0.25) is 0 Å². The number of imidazole rings is 1. The molecule has 30 heavy (non-hydrogen) atoms. The van der Waals surface area contributed by atoms with Crippen LogP contribution in [0.4, 0.5) is 4.39 Å². The topological polar surface area (TPSA) is 67.2 Å². The summed E-state index contributed by atoms with van der Waals surface area (Å²) in [4.78, 5) is 4.03. The van der Waals surface area contributed by atoms with Crippen LogP contribution in [0.25, 0.3) is 0 Å². The van der Waals surface area contributed by atoms with E-state index in [0.717, 1.165) is 11.1 Å². The fraction of sp³-hybridized carbons (Fsp3) is 0.318. The second-order valence-corrected chi connectivity index (χ2v) is 9.72. The Morgan fingerprint density at radius 3 is 2.60 bits per heavy atom. The third kappa shape index (κ3) is 4.30. The summed E-state index contributed by atoms with van der Waals surface area (Å²) < 4.78 is 42.7. The number of sulfonamides is 1. The number of hydrogen-bond acceptors (Lipinski definition) is 4. The molecule has 2 aromatic carbocycles. The molecule has 0 bridgehead atoms. The summed E-state index contributed by atoms with van der Waals surface area (Å²) in [7, 11) is -1.96. The van der Waals surface area contributed by atoms with Crippen LogP contribution in [0.3, 0.4) is 0 Å². The van der Waals surface area contributed by atoms with E-state index in [1.54, 1.807) is 23.7 Å². The minimum absolute atomic E-state index is 0.0437. The Bertz CT molecular complexity index is 1130. The Balaban J connectivity index is 1.59. The zero-order valence-electron chi connectivity index (χ0n) is 17.0. The van der Waals surface area contributed by atoms with E-state index < -0.39 is 10.0 Å². The zero-order valence-corrected chi connectivity index (χ0v) is 17.8. The standard InChI is InChI=1S/C22H25FN4O2S/c1-16-4-3-5-17(10-16)11-24-21-13-27(30(28,29)22-14-26(2)15-25-22)12-20(21)18-6-8-19(23)9-7-18/h3-10,14-15,20-21,24H,11-13H2,1-2H3/t20-,21+/m1/s1. The van der Waals surface area contributed by atoms with Crippen LogP contribution in [-0.2, 0) is 23.6 Å². The Labute approximate surface area is 176 Å². The Kier molecular flexibility index (Phi) is 5.73. The molecule has 8 heteroatoms. The van der Waals surface area contributed by atoms with E-state index in [1.165, 1.54) is 34.5 Å². The number of hydrogen-bond donors (Lipinski definition) is 1. The van der Waals surface area contributed by atoms with Gasteiger partial charge in [0.2, 0.25) is 0 Å². The number of aromatic nitrogens is 2. The van der Waals surface area contributed by atoms with Crippen molar-refractivity contribution in [3.63, 3.8) is 0 Å². The Hall–Kier alpha value is -2.55. The molecule has 1 fully saturated rings. The monoisotopic (exact) mass is 428 g/mol. The molecule has 0 amide bonds. The smallest absolute Gasteiger partial charge is 0.262 e. The van der Waals surface area contributed by atoms with E-state index in [-0.39, 0.29) is 22.8 Å². The summed E-state index contributed by atoms with van der Waals surface area (Å²) in [5.74, 6) is -0.395. The van der Waals surface area contributed by atoms with Gasteiger partial charge in [0.1, 0.15) is 5.82 Å². The van der Waals surface area contributed by atoms with E-state index in [9.17, 15) is 12.8 Å². The summed E-state index contributed by atoms with van der Waals surface area (Å²) in [5, 5.41) is 3.57. The molecule has 0 radical (unpaired) electrons. The fourth-order valence-electron chi connectivity index (χ4n) is 3.94. The number of nitrogens with zero attached hydrogens (tertiary/aromatic N) is 3. The van der Waals surface area contributed by atoms with Gasteiger partial charge < -0.3 is 9.88 Å². The molecule has 0 saturated carbocycles. The van der Waals surface area contributed by atoms with Crippen molar-refractivity contribution in [3.05, 3.63) is 83.6 Å².